The van der Waals surface area contributed by atoms with Crippen molar-refractivity contribution in [3.05, 3.63) is 59.1 Å². The molecule has 3 N–H and O–H groups in total. The quantitative estimate of drug-likeness (QED) is 0.415. The Labute approximate surface area is 185 Å². The van der Waals surface area contributed by atoms with Crippen molar-refractivity contribution in [3.63, 3.8) is 0 Å². The maximum Gasteiger partial charge on any atom is 0.326 e. The highest BCUT2D eigenvalue weighted by Crippen LogP contribution is 2.36. The number of H-pyrrole nitrogens is 1. The molecule has 0 radical (unpaired) electrons. The van der Waals surface area contributed by atoms with Crippen LogP contribution in [0.1, 0.15) is 0 Å². The van der Waals surface area contributed by atoms with Gasteiger partial charge in [-0.3, -0.25) is 5.10 Å². The molecule has 11 heteroatoms. The van der Waals surface area contributed by atoms with Gasteiger partial charge in [-0.2, -0.15) is 15.1 Å². The Hall–Kier alpha value is -3.34. The number of anilines is 1. The third kappa shape index (κ3) is 3.83. The van der Waals surface area contributed by atoms with Gasteiger partial charge in [0.2, 0.25) is 0 Å². The number of aliphatic hydroxyl groups excluding tert-OH is 1. The van der Waals surface area contributed by atoms with Crippen LogP contribution in [0.3, 0.4) is 0 Å². The number of halogens is 3. The first-order valence-electron chi connectivity index (χ1n) is 9.66. The Morgan fingerprint density at radius 3 is 2.75 bits per heavy atom. The summed E-state index contributed by atoms with van der Waals surface area (Å²) in [6.45, 7) is 0.438. The van der Waals surface area contributed by atoms with Gasteiger partial charge in [-0.15, -0.1) is 0 Å². The Balaban J connectivity index is 1.62. The van der Waals surface area contributed by atoms with Gasteiger partial charge < -0.3 is 19.9 Å². The lowest BCUT2D eigenvalue weighted by atomic mass is 10.1. The zero-order valence-corrected chi connectivity index (χ0v) is 17.1. The van der Waals surface area contributed by atoms with Gasteiger partial charge in [-0.05, 0) is 18.2 Å². The fourth-order valence-corrected chi connectivity index (χ4v) is 3.66. The van der Waals surface area contributed by atoms with Crippen LogP contribution in [0.15, 0.2) is 42.5 Å². The summed E-state index contributed by atoms with van der Waals surface area (Å²) in [5.74, 6) is -1.60. The SMILES string of the molecule is O[C@@H]1COC[C@H]1Nc1nc(Oc2ccc(F)cc2F)nc2n[nH]c(-c3ccccc3Cl)c12. The summed E-state index contributed by atoms with van der Waals surface area (Å²) in [5, 5.41) is 21.4. The second-order valence-electron chi connectivity index (χ2n) is 7.16. The molecule has 2 atom stereocenters. The highest BCUT2D eigenvalue weighted by Gasteiger charge is 2.29. The van der Waals surface area contributed by atoms with E-state index in [0.29, 0.717) is 27.7 Å². The fourth-order valence-electron chi connectivity index (χ4n) is 3.43. The van der Waals surface area contributed by atoms with Gasteiger partial charge in [0.15, 0.2) is 17.2 Å². The summed E-state index contributed by atoms with van der Waals surface area (Å²) in [6, 6.07) is 9.41. The number of aromatic nitrogens is 4. The third-order valence-electron chi connectivity index (χ3n) is 5.00. The number of aromatic amines is 1. The van der Waals surface area contributed by atoms with Crippen LogP contribution in [0, 0.1) is 11.6 Å². The number of hydrogen-bond acceptors (Lipinski definition) is 7. The fraction of sp³-hybridized carbons (Fsp3) is 0.190. The molecule has 5 rings (SSSR count). The van der Waals surface area contributed by atoms with Crippen molar-refractivity contribution >= 4 is 28.5 Å². The number of nitrogens with one attached hydrogen (secondary N) is 2. The van der Waals surface area contributed by atoms with Gasteiger partial charge >= 0.3 is 6.01 Å². The van der Waals surface area contributed by atoms with Gasteiger partial charge in [0.1, 0.15) is 11.6 Å². The van der Waals surface area contributed by atoms with E-state index >= 15 is 0 Å². The van der Waals surface area contributed by atoms with Crippen molar-refractivity contribution in [2.75, 3.05) is 18.5 Å². The number of ether oxygens (including phenoxy) is 2. The minimum atomic E-state index is -0.901. The number of benzene rings is 2. The molecular weight excluding hydrogens is 444 g/mol. The molecule has 8 nitrogen and oxygen atoms in total. The second kappa shape index (κ2) is 8.30. The average molecular weight is 460 g/mol. The third-order valence-corrected chi connectivity index (χ3v) is 5.33. The number of nitrogens with zero attached hydrogens (tertiary/aromatic N) is 3. The summed E-state index contributed by atoms with van der Waals surface area (Å²) in [6.07, 6.45) is -0.755. The summed E-state index contributed by atoms with van der Waals surface area (Å²) < 4.78 is 38.1. The van der Waals surface area contributed by atoms with Crippen molar-refractivity contribution in [3.8, 4) is 23.0 Å². The smallest absolute Gasteiger partial charge is 0.326 e. The summed E-state index contributed by atoms with van der Waals surface area (Å²) >= 11 is 6.36. The molecule has 0 saturated carbocycles. The second-order valence-corrected chi connectivity index (χ2v) is 7.57. The zero-order chi connectivity index (χ0) is 22.2. The minimum absolute atomic E-state index is 0.179. The van der Waals surface area contributed by atoms with Crippen LogP contribution in [0.4, 0.5) is 14.6 Å². The van der Waals surface area contributed by atoms with Gasteiger partial charge in [0.05, 0.1) is 36.4 Å². The highest BCUT2D eigenvalue weighted by atomic mass is 35.5. The maximum atomic E-state index is 14.1. The highest BCUT2D eigenvalue weighted by molar-refractivity contribution is 6.33. The summed E-state index contributed by atoms with van der Waals surface area (Å²) in [5.41, 5.74) is 1.45. The predicted molar refractivity (Wildman–Crippen MR) is 113 cm³/mol. The van der Waals surface area contributed by atoms with Crippen LogP contribution in [0.2, 0.25) is 5.02 Å². The Morgan fingerprint density at radius 1 is 1.16 bits per heavy atom. The van der Waals surface area contributed by atoms with E-state index in [1.54, 1.807) is 12.1 Å². The summed E-state index contributed by atoms with van der Waals surface area (Å²) in [7, 11) is 0. The molecule has 2 aromatic heterocycles. The van der Waals surface area contributed by atoms with Crippen molar-refractivity contribution in [2.45, 2.75) is 12.1 Å². The van der Waals surface area contributed by atoms with E-state index < -0.39 is 23.8 Å². The number of hydrogen-bond donors (Lipinski definition) is 3. The van der Waals surface area contributed by atoms with E-state index in [4.69, 9.17) is 21.1 Å². The van der Waals surface area contributed by atoms with Crippen molar-refractivity contribution in [2.24, 2.45) is 0 Å². The van der Waals surface area contributed by atoms with Crippen molar-refractivity contribution in [1.82, 2.24) is 20.2 Å². The van der Waals surface area contributed by atoms with Crippen LogP contribution < -0.4 is 10.1 Å². The van der Waals surface area contributed by atoms with Gasteiger partial charge in [0.25, 0.3) is 0 Å². The summed E-state index contributed by atoms with van der Waals surface area (Å²) in [4.78, 5) is 8.62. The molecule has 0 bridgehead atoms. The topological polar surface area (TPSA) is 105 Å². The van der Waals surface area contributed by atoms with Crippen LogP contribution in [-0.4, -0.2) is 50.6 Å². The molecule has 3 heterocycles. The maximum absolute atomic E-state index is 14.1. The normalized spacial score (nSPS) is 18.2. The van der Waals surface area contributed by atoms with Crippen LogP contribution >= 0.6 is 11.6 Å². The van der Waals surface area contributed by atoms with E-state index in [1.165, 1.54) is 0 Å². The molecule has 0 spiro atoms. The van der Waals surface area contributed by atoms with Crippen LogP contribution in [0.5, 0.6) is 11.8 Å². The van der Waals surface area contributed by atoms with Gasteiger partial charge in [-0.25, -0.2) is 8.78 Å². The first-order valence-corrected chi connectivity index (χ1v) is 10.0. The molecule has 1 fully saturated rings. The first kappa shape index (κ1) is 20.6. The number of aliphatic hydroxyl groups is 1. The molecule has 1 aliphatic rings. The Kier molecular flexibility index (Phi) is 5.33. The van der Waals surface area contributed by atoms with E-state index in [9.17, 15) is 13.9 Å². The molecule has 32 heavy (non-hydrogen) atoms. The van der Waals surface area contributed by atoms with E-state index in [-0.39, 0.29) is 36.4 Å². The van der Waals surface area contributed by atoms with Crippen molar-refractivity contribution in [1.29, 1.82) is 0 Å². The molecule has 1 aliphatic heterocycles. The van der Waals surface area contributed by atoms with Gasteiger partial charge in [0, 0.05) is 16.7 Å². The lowest BCUT2D eigenvalue weighted by Gasteiger charge is -2.17. The molecule has 2 aromatic carbocycles. The van der Waals surface area contributed by atoms with Gasteiger partial charge in [-0.1, -0.05) is 29.8 Å². The lowest BCUT2D eigenvalue weighted by molar-refractivity contribution is 0.125. The Morgan fingerprint density at radius 2 is 2.00 bits per heavy atom. The van der Waals surface area contributed by atoms with E-state index in [2.05, 4.69) is 25.5 Å². The van der Waals surface area contributed by atoms with E-state index in [1.807, 2.05) is 12.1 Å². The monoisotopic (exact) mass is 459 g/mol. The lowest BCUT2D eigenvalue weighted by Crippen LogP contribution is -2.32. The molecule has 164 valence electrons. The molecule has 0 aliphatic carbocycles. The number of rotatable bonds is 5. The molecule has 0 amide bonds. The van der Waals surface area contributed by atoms with Crippen LogP contribution in [0.25, 0.3) is 22.3 Å². The minimum Gasteiger partial charge on any atom is -0.421 e. The molecule has 4 aromatic rings. The average Bonchev–Trinajstić information content (AvgIpc) is 3.37. The molecule has 1 saturated heterocycles. The Bertz CT molecular complexity index is 1300. The van der Waals surface area contributed by atoms with Crippen molar-refractivity contribution < 1.29 is 23.4 Å². The number of fused-ring (bicyclic) bond motifs is 1. The molecule has 0 unspecified atom stereocenters. The largest absolute Gasteiger partial charge is 0.421 e. The van der Waals surface area contributed by atoms with E-state index in [0.717, 1.165) is 12.1 Å². The molecular formula is C21H16ClF2N5O3. The predicted octanol–water partition coefficient (Wildman–Crippen LogP) is 3.92. The first-order chi connectivity index (χ1) is 15.5. The van der Waals surface area contributed by atoms with Crippen LogP contribution in [-0.2, 0) is 4.74 Å². The zero-order valence-electron chi connectivity index (χ0n) is 16.3. The standard InChI is InChI=1S/C21H16ClF2N5O3/c22-12-4-2-1-3-11(12)18-17-19(25-14-8-31-9-15(14)30)26-21(27-20(17)29-28-18)32-16-6-5-10(23)7-13(16)24/h1-7,14-15,30H,8-9H2,(H2,25,26,27,28,29)/t14-,15-/m1/s1.